The standard InChI is InChI=1S/C22H29NO3S/c1-27-19-4-2-15(3-5-19)14-26-21(25)13-23-20(24)12-22-9-16-6-17(10-22)8-18(7-16)11-22/h2-5,16-18H,6-14H2,1H3,(H,23,24). The number of rotatable bonds is 7. The monoisotopic (exact) mass is 387 g/mol. The van der Waals surface area contributed by atoms with Gasteiger partial charge in [-0.25, -0.2) is 0 Å². The first-order valence-corrected chi connectivity index (χ1v) is 11.3. The van der Waals surface area contributed by atoms with Crippen LogP contribution in [-0.2, 0) is 20.9 Å². The van der Waals surface area contributed by atoms with Crippen LogP contribution >= 0.6 is 11.8 Å². The van der Waals surface area contributed by atoms with Crippen molar-refractivity contribution in [3.63, 3.8) is 0 Å². The molecule has 4 saturated carbocycles. The van der Waals surface area contributed by atoms with Gasteiger partial charge in [-0.15, -0.1) is 11.8 Å². The molecule has 0 unspecified atom stereocenters. The first-order valence-electron chi connectivity index (χ1n) is 10.1. The molecule has 1 aromatic rings. The van der Waals surface area contributed by atoms with Crippen molar-refractivity contribution in [2.75, 3.05) is 12.8 Å². The molecule has 146 valence electrons. The molecule has 1 N–H and O–H groups in total. The molecule has 4 fully saturated rings. The summed E-state index contributed by atoms with van der Waals surface area (Å²) < 4.78 is 5.29. The molecule has 0 aromatic heterocycles. The SMILES string of the molecule is CSc1ccc(COC(=O)CNC(=O)CC23CC4CC(CC(C4)C2)C3)cc1. The van der Waals surface area contributed by atoms with Crippen LogP contribution in [0.2, 0.25) is 0 Å². The highest BCUT2D eigenvalue weighted by Gasteiger charge is 2.51. The number of esters is 1. The number of hydrogen-bond acceptors (Lipinski definition) is 4. The molecular formula is C22H29NO3S. The zero-order chi connectivity index (χ0) is 18.9. The largest absolute Gasteiger partial charge is 0.460 e. The predicted octanol–water partition coefficient (Wildman–Crippen LogP) is 4.17. The quantitative estimate of drug-likeness (QED) is 0.563. The Labute approximate surface area is 165 Å². The van der Waals surface area contributed by atoms with Crippen molar-refractivity contribution >= 4 is 23.6 Å². The van der Waals surface area contributed by atoms with E-state index >= 15 is 0 Å². The molecular weight excluding hydrogens is 358 g/mol. The van der Waals surface area contributed by atoms with Crippen molar-refractivity contribution in [2.24, 2.45) is 23.2 Å². The van der Waals surface area contributed by atoms with Gasteiger partial charge in [0, 0.05) is 11.3 Å². The maximum absolute atomic E-state index is 12.5. The van der Waals surface area contributed by atoms with Crippen LogP contribution in [0, 0.1) is 23.2 Å². The van der Waals surface area contributed by atoms with Crippen molar-refractivity contribution in [1.29, 1.82) is 0 Å². The van der Waals surface area contributed by atoms with Crippen molar-refractivity contribution in [2.45, 2.75) is 56.4 Å². The first kappa shape index (κ1) is 18.9. The van der Waals surface area contributed by atoms with E-state index in [1.54, 1.807) is 11.8 Å². The van der Waals surface area contributed by atoms with Gasteiger partial charge >= 0.3 is 5.97 Å². The van der Waals surface area contributed by atoms with Crippen LogP contribution < -0.4 is 5.32 Å². The molecule has 4 aliphatic rings. The van der Waals surface area contributed by atoms with E-state index in [1.807, 2.05) is 30.5 Å². The molecule has 0 saturated heterocycles. The molecule has 0 aliphatic heterocycles. The van der Waals surface area contributed by atoms with Crippen molar-refractivity contribution in [1.82, 2.24) is 5.32 Å². The number of amides is 1. The van der Waals surface area contributed by atoms with Gasteiger partial charge in [0.05, 0.1) is 0 Å². The molecule has 5 heteroatoms. The van der Waals surface area contributed by atoms with E-state index < -0.39 is 0 Å². The third-order valence-electron chi connectivity index (χ3n) is 6.69. The fraction of sp³-hybridized carbons (Fsp3) is 0.636. The summed E-state index contributed by atoms with van der Waals surface area (Å²) in [6, 6.07) is 7.96. The highest BCUT2D eigenvalue weighted by Crippen LogP contribution is 2.61. The zero-order valence-electron chi connectivity index (χ0n) is 16.0. The summed E-state index contributed by atoms with van der Waals surface area (Å²) in [7, 11) is 0. The minimum atomic E-state index is -0.372. The van der Waals surface area contributed by atoms with Gasteiger partial charge in [-0.05, 0) is 85.6 Å². The van der Waals surface area contributed by atoms with Crippen LogP contribution in [-0.4, -0.2) is 24.7 Å². The Hall–Kier alpha value is -1.49. The predicted molar refractivity (Wildman–Crippen MR) is 106 cm³/mol. The van der Waals surface area contributed by atoms with E-state index in [4.69, 9.17) is 4.74 Å². The number of ether oxygens (including phenoxy) is 1. The lowest BCUT2D eigenvalue weighted by atomic mass is 9.49. The fourth-order valence-corrected chi connectivity index (χ4v) is 6.43. The van der Waals surface area contributed by atoms with Crippen LogP contribution in [0.1, 0.15) is 50.5 Å². The number of thioether (sulfide) groups is 1. The summed E-state index contributed by atoms with van der Waals surface area (Å²) in [6.45, 7) is 0.215. The highest BCUT2D eigenvalue weighted by atomic mass is 32.2. The third kappa shape index (κ3) is 4.50. The maximum Gasteiger partial charge on any atom is 0.325 e. The Morgan fingerprint density at radius 2 is 1.67 bits per heavy atom. The van der Waals surface area contributed by atoms with Gasteiger partial charge in [-0.3, -0.25) is 9.59 Å². The molecule has 27 heavy (non-hydrogen) atoms. The van der Waals surface area contributed by atoms with Crippen LogP contribution in [0.5, 0.6) is 0 Å². The Bertz CT molecular complexity index is 665. The van der Waals surface area contributed by atoms with E-state index in [1.165, 1.54) is 43.4 Å². The molecule has 1 amide bonds. The second-order valence-corrected chi connectivity index (χ2v) is 9.76. The van der Waals surface area contributed by atoms with E-state index in [9.17, 15) is 9.59 Å². The Kier molecular flexibility index (Phi) is 5.49. The lowest BCUT2D eigenvalue weighted by Crippen LogP contribution is -2.48. The van der Waals surface area contributed by atoms with Gasteiger partial charge in [0.15, 0.2) is 0 Å². The van der Waals surface area contributed by atoms with Gasteiger partial charge in [0.25, 0.3) is 0 Å². The fourth-order valence-electron chi connectivity index (χ4n) is 6.02. The zero-order valence-corrected chi connectivity index (χ0v) is 16.9. The summed E-state index contributed by atoms with van der Waals surface area (Å²) in [5.74, 6) is 2.16. The highest BCUT2D eigenvalue weighted by molar-refractivity contribution is 7.98. The van der Waals surface area contributed by atoms with Gasteiger partial charge in [-0.2, -0.15) is 0 Å². The molecule has 5 rings (SSSR count). The number of carbonyl (C=O) groups excluding carboxylic acids is 2. The molecule has 0 radical (unpaired) electrons. The van der Waals surface area contributed by atoms with E-state index in [-0.39, 0.29) is 30.4 Å². The normalized spacial score (nSPS) is 30.9. The lowest BCUT2D eigenvalue weighted by Gasteiger charge is -2.56. The van der Waals surface area contributed by atoms with Crippen LogP contribution in [0.25, 0.3) is 0 Å². The van der Waals surface area contributed by atoms with Gasteiger partial charge < -0.3 is 10.1 Å². The molecule has 0 heterocycles. The number of carbonyl (C=O) groups is 2. The lowest BCUT2D eigenvalue weighted by molar-refractivity contribution is -0.146. The smallest absolute Gasteiger partial charge is 0.325 e. The molecule has 0 atom stereocenters. The third-order valence-corrected chi connectivity index (χ3v) is 7.43. The molecule has 4 nitrogen and oxygen atoms in total. The van der Waals surface area contributed by atoms with Gasteiger partial charge in [0.2, 0.25) is 5.91 Å². The Morgan fingerprint density at radius 1 is 1.07 bits per heavy atom. The van der Waals surface area contributed by atoms with Crippen LogP contribution in [0.15, 0.2) is 29.2 Å². The molecule has 0 spiro atoms. The summed E-state index contributed by atoms with van der Waals surface area (Å²) in [5.41, 5.74) is 1.17. The van der Waals surface area contributed by atoms with Gasteiger partial charge in [0.1, 0.15) is 13.2 Å². The maximum atomic E-state index is 12.5. The molecule has 4 bridgehead atoms. The topological polar surface area (TPSA) is 55.4 Å². The average molecular weight is 388 g/mol. The van der Waals surface area contributed by atoms with Crippen molar-refractivity contribution in [3.8, 4) is 0 Å². The summed E-state index contributed by atoms with van der Waals surface area (Å²) >= 11 is 1.68. The van der Waals surface area contributed by atoms with E-state index in [2.05, 4.69) is 5.32 Å². The van der Waals surface area contributed by atoms with Crippen molar-refractivity contribution in [3.05, 3.63) is 29.8 Å². The number of benzene rings is 1. The second kappa shape index (κ2) is 7.86. The minimum Gasteiger partial charge on any atom is -0.460 e. The summed E-state index contributed by atoms with van der Waals surface area (Å²) in [6.07, 6.45) is 10.4. The van der Waals surface area contributed by atoms with Crippen molar-refractivity contribution < 1.29 is 14.3 Å². The average Bonchev–Trinajstić information content (AvgIpc) is 2.63. The molecule has 4 aliphatic carbocycles. The Balaban J connectivity index is 1.20. The molecule has 1 aromatic carbocycles. The second-order valence-electron chi connectivity index (χ2n) is 8.88. The van der Waals surface area contributed by atoms with Crippen LogP contribution in [0.3, 0.4) is 0 Å². The number of hydrogen-bond donors (Lipinski definition) is 1. The minimum absolute atomic E-state index is 0.0122. The Morgan fingerprint density at radius 3 is 2.22 bits per heavy atom. The summed E-state index contributed by atoms with van der Waals surface area (Å²) in [5, 5.41) is 2.80. The summed E-state index contributed by atoms with van der Waals surface area (Å²) in [4.78, 5) is 25.6. The van der Waals surface area contributed by atoms with Crippen LogP contribution in [0.4, 0.5) is 0 Å². The van der Waals surface area contributed by atoms with E-state index in [0.717, 1.165) is 23.3 Å². The number of nitrogens with one attached hydrogen (secondary N) is 1. The van der Waals surface area contributed by atoms with E-state index in [0.29, 0.717) is 6.42 Å². The van der Waals surface area contributed by atoms with Gasteiger partial charge in [-0.1, -0.05) is 12.1 Å². The first-order chi connectivity index (χ1) is 13.0.